The summed E-state index contributed by atoms with van der Waals surface area (Å²) in [5, 5.41) is 3.42. The Morgan fingerprint density at radius 2 is 2.11 bits per heavy atom. The first-order valence-corrected chi connectivity index (χ1v) is 6.10. The monoisotopic (exact) mass is 238 g/mol. The maximum absolute atomic E-state index is 3.42. The van der Waals surface area contributed by atoms with Gasteiger partial charge in [0.2, 0.25) is 0 Å². The predicted molar refractivity (Wildman–Crippen MR) is 72.5 cm³/mol. The second kappa shape index (κ2) is 4.53. The molecule has 0 aliphatic rings. The van der Waals surface area contributed by atoms with Crippen molar-refractivity contribution in [1.82, 2.24) is 4.98 Å². The van der Waals surface area contributed by atoms with Gasteiger partial charge in [0.15, 0.2) is 5.69 Å². The lowest BCUT2D eigenvalue weighted by atomic mass is 10.2. The lowest BCUT2D eigenvalue weighted by Gasteiger charge is -2.03. The van der Waals surface area contributed by atoms with Crippen LogP contribution in [0, 0.1) is 6.92 Å². The topological polar surface area (TPSA) is 31.9 Å². The molecule has 0 fully saturated rings. The van der Waals surface area contributed by atoms with Gasteiger partial charge in [-0.25, -0.2) is 9.38 Å². The van der Waals surface area contributed by atoms with Gasteiger partial charge in [-0.15, -0.1) is 0 Å². The molecule has 0 atom stereocenters. The van der Waals surface area contributed by atoms with Crippen molar-refractivity contribution >= 4 is 11.3 Å². The molecular formula is C15H16N3+. The number of H-pyrrole nitrogens is 1. The van der Waals surface area contributed by atoms with Gasteiger partial charge in [0.25, 0.3) is 5.65 Å². The minimum Gasteiger partial charge on any atom is -0.377 e. The van der Waals surface area contributed by atoms with Crippen molar-refractivity contribution in [3.63, 3.8) is 0 Å². The molecule has 0 radical (unpaired) electrons. The Kier molecular flexibility index (Phi) is 2.73. The van der Waals surface area contributed by atoms with E-state index in [0.717, 1.165) is 17.9 Å². The highest BCUT2D eigenvalue weighted by molar-refractivity contribution is 5.45. The van der Waals surface area contributed by atoms with E-state index < -0.39 is 0 Å². The van der Waals surface area contributed by atoms with Gasteiger partial charge in [0, 0.05) is 11.8 Å². The molecule has 1 aromatic carbocycles. The second-order valence-corrected chi connectivity index (χ2v) is 4.50. The molecule has 90 valence electrons. The van der Waals surface area contributed by atoms with Gasteiger partial charge >= 0.3 is 0 Å². The number of aryl methyl sites for hydroxylation is 1. The summed E-state index contributed by atoms with van der Waals surface area (Å²) in [4.78, 5) is 3.38. The van der Waals surface area contributed by atoms with Gasteiger partial charge in [-0.05, 0) is 30.7 Å². The van der Waals surface area contributed by atoms with Gasteiger partial charge in [-0.3, -0.25) is 0 Å². The van der Waals surface area contributed by atoms with Crippen LogP contribution in [0.15, 0.2) is 54.9 Å². The van der Waals surface area contributed by atoms with Crippen LogP contribution in [-0.2, 0) is 6.54 Å². The number of nitrogens with zero attached hydrogens (tertiary/aromatic N) is 1. The molecule has 3 heteroatoms. The first kappa shape index (κ1) is 10.8. The Labute approximate surface area is 106 Å². The number of aromatic nitrogens is 2. The minimum absolute atomic E-state index is 0.797. The molecular weight excluding hydrogens is 222 g/mol. The summed E-state index contributed by atoms with van der Waals surface area (Å²) < 4.78 is 2.09. The molecule has 0 amide bonds. The standard InChI is InChI=1S/C15H15N3/c1-12-5-4-6-13(9-12)16-10-14-11-18-8-3-2-7-15(18)17-14/h2-9,11,16H,10H2,1H3/p+1. The van der Waals surface area contributed by atoms with Gasteiger partial charge in [0.1, 0.15) is 6.20 Å². The van der Waals surface area contributed by atoms with Crippen molar-refractivity contribution in [2.24, 2.45) is 0 Å². The van der Waals surface area contributed by atoms with E-state index in [4.69, 9.17) is 0 Å². The summed E-state index contributed by atoms with van der Waals surface area (Å²) in [7, 11) is 0. The number of fused-ring (bicyclic) bond motifs is 1. The van der Waals surface area contributed by atoms with Crippen LogP contribution in [0.2, 0.25) is 0 Å². The van der Waals surface area contributed by atoms with Crippen LogP contribution >= 0.6 is 0 Å². The SMILES string of the molecule is Cc1cccc(NCc2c[n+]3ccccc3[nH]2)c1. The van der Waals surface area contributed by atoms with E-state index in [0.29, 0.717) is 0 Å². The van der Waals surface area contributed by atoms with Crippen molar-refractivity contribution in [1.29, 1.82) is 0 Å². The van der Waals surface area contributed by atoms with E-state index in [9.17, 15) is 0 Å². The summed E-state index contributed by atoms with van der Waals surface area (Å²) in [6.07, 6.45) is 4.15. The fraction of sp³-hybridized carbons (Fsp3) is 0.133. The summed E-state index contributed by atoms with van der Waals surface area (Å²) in [5.74, 6) is 0. The van der Waals surface area contributed by atoms with E-state index in [1.807, 2.05) is 18.3 Å². The molecule has 18 heavy (non-hydrogen) atoms. The van der Waals surface area contributed by atoms with E-state index in [-0.39, 0.29) is 0 Å². The maximum atomic E-state index is 3.42. The van der Waals surface area contributed by atoms with Gasteiger partial charge in [-0.2, -0.15) is 0 Å². The van der Waals surface area contributed by atoms with E-state index >= 15 is 0 Å². The molecule has 0 saturated heterocycles. The molecule has 3 nitrogen and oxygen atoms in total. The highest BCUT2D eigenvalue weighted by Gasteiger charge is 2.06. The number of hydrogen-bond acceptors (Lipinski definition) is 1. The maximum Gasteiger partial charge on any atom is 0.284 e. The van der Waals surface area contributed by atoms with E-state index in [1.165, 1.54) is 11.3 Å². The minimum atomic E-state index is 0.797. The predicted octanol–water partition coefficient (Wildman–Crippen LogP) is 2.67. The lowest BCUT2D eigenvalue weighted by molar-refractivity contribution is -0.510. The average Bonchev–Trinajstić information content (AvgIpc) is 2.79. The summed E-state index contributed by atoms with van der Waals surface area (Å²) in [6.45, 7) is 2.90. The smallest absolute Gasteiger partial charge is 0.284 e. The van der Waals surface area contributed by atoms with Crippen LogP contribution < -0.4 is 9.72 Å². The fourth-order valence-corrected chi connectivity index (χ4v) is 2.08. The zero-order valence-corrected chi connectivity index (χ0v) is 10.4. The first-order chi connectivity index (χ1) is 8.81. The van der Waals surface area contributed by atoms with Crippen LogP contribution in [0.4, 0.5) is 5.69 Å². The van der Waals surface area contributed by atoms with Crippen molar-refractivity contribution in [3.05, 3.63) is 66.1 Å². The highest BCUT2D eigenvalue weighted by Crippen LogP contribution is 2.10. The van der Waals surface area contributed by atoms with Gasteiger partial charge in [0.05, 0.1) is 12.7 Å². The summed E-state index contributed by atoms with van der Waals surface area (Å²) >= 11 is 0. The zero-order chi connectivity index (χ0) is 12.4. The van der Waals surface area contributed by atoms with Gasteiger partial charge < -0.3 is 5.32 Å². The third-order valence-corrected chi connectivity index (χ3v) is 2.97. The fourth-order valence-electron chi connectivity index (χ4n) is 2.08. The lowest BCUT2D eigenvalue weighted by Crippen LogP contribution is -2.16. The summed E-state index contributed by atoms with van der Waals surface area (Å²) in [5.41, 5.74) is 4.70. The number of nitrogens with one attached hydrogen (secondary N) is 2. The number of anilines is 1. The molecule has 0 unspecified atom stereocenters. The number of imidazole rings is 1. The van der Waals surface area contributed by atoms with E-state index in [1.54, 1.807) is 0 Å². The molecule has 2 N–H and O–H groups in total. The van der Waals surface area contributed by atoms with Crippen molar-refractivity contribution in [3.8, 4) is 0 Å². The van der Waals surface area contributed by atoms with Crippen LogP contribution in [0.25, 0.3) is 5.65 Å². The van der Waals surface area contributed by atoms with Crippen LogP contribution in [0.1, 0.15) is 11.3 Å². The molecule has 0 aliphatic heterocycles. The number of rotatable bonds is 3. The molecule has 0 spiro atoms. The number of benzene rings is 1. The van der Waals surface area contributed by atoms with Gasteiger partial charge in [-0.1, -0.05) is 18.2 Å². The molecule has 0 bridgehead atoms. The Balaban J connectivity index is 1.76. The molecule has 2 heterocycles. The first-order valence-electron chi connectivity index (χ1n) is 6.10. The third kappa shape index (κ3) is 2.20. The normalized spacial score (nSPS) is 10.7. The largest absolute Gasteiger partial charge is 0.377 e. The molecule has 0 saturated carbocycles. The Morgan fingerprint density at radius 3 is 2.94 bits per heavy atom. The van der Waals surface area contributed by atoms with Crippen molar-refractivity contribution < 1.29 is 4.40 Å². The quantitative estimate of drug-likeness (QED) is 0.675. The highest BCUT2D eigenvalue weighted by atomic mass is 15.0. The zero-order valence-electron chi connectivity index (χ0n) is 10.4. The number of pyridine rings is 1. The Bertz CT molecular complexity index is 637. The van der Waals surface area contributed by atoms with Crippen molar-refractivity contribution in [2.45, 2.75) is 13.5 Å². The number of hydrogen-bond donors (Lipinski definition) is 2. The Hall–Kier alpha value is -2.29. The second-order valence-electron chi connectivity index (χ2n) is 4.50. The Morgan fingerprint density at radius 1 is 1.17 bits per heavy atom. The molecule has 0 aliphatic carbocycles. The third-order valence-electron chi connectivity index (χ3n) is 2.97. The van der Waals surface area contributed by atoms with Crippen molar-refractivity contribution in [2.75, 3.05) is 5.32 Å². The number of aromatic amines is 1. The summed E-state index contributed by atoms with van der Waals surface area (Å²) in [6, 6.07) is 14.5. The van der Waals surface area contributed by atoms with E-state index in [2.05, 4.69) is 58.2 Å². The average molecular weight is 238 g/mol. The van der Waals surface area contributed by atoms with Crippen LogP contribution in [-0.4, -0.2) is 4.98 Å². The molecule has 2 aromatic heterocycles. The van der Waals surface area contributed by atoms with Crippen LogP contribution in [0.5, 0.6) is 0 Å². The molecule has 3 aromatic rings. The van der Waals surface area contributed by atoms with Crippen LogP contribution in [0.3, 0.4) is 0 Å². The molecule has 3 rings (SSSR count).